The molecule has 0 amide bonds. The van der Waals surface area contributed by atoms with Crippen molar-refractivity contribution in [2.75, 3.05) is 29.5 Å². The van der Waals surface area contributed by atoms with Crippen LogP contribution in [0.3, 0.4) is 0 Å². The van der Waals surface area contributed by atoms with Crippen molar-refractivity contribution >= 4 is 34.7 Å². The Morgan fingerprint density at radius 2 is 2.31 bits per heavy atom. The molecule has 1 aliphatic rings. The van der Waals surface area contributed by atoms with Crippen LogP contribution in [-0.2, 0) is 0 Å². The van der Waals surface area contributed by atoms with E-state index in [-0.39, 0.29) is 5.02 Å². The largest absolute Gasteiger partial charge is 0.397 e. The molecule has 1 aromatic carbocycles. The van der Waals surface area contributed by atoms with Gasteiger partial charge in [0.2, 0.25) is 0 Å². The molecule has 0 spiro atoms. The number of rotatable bonds is 1. The SMILES string of the molecule is CC1CN(c2cc(Cl)c(F)cc2N)CCS1. The van der Waals surface area contributed by atoms with Crippen molar-refractivity contribution in [2.24, 2.45) is 0 Å². The van der Waals surface area contributed by atoms with Crippen molar-refractivity contribution < 1.29 is 4.39 Å². The van der Waals surface area contributed by atoms with E-state index in [1.54, 1.807) is 6.07 Å². The molecule has 1 saturated heterocycles. The number of nitrogens with two attached hydrogens (primary N) is 1. The number of benzene rings is 1. The Kier molecular flexibility index (Phi) is 3.50. The van der Waals surface area contributed by atoms with Crippen LogP contribution in [0.2, 0.25) is 5.02 Å². The molecule has 2 rings (SSSR count). The second-order valence-corrected chi connectivity index (χ2v) is 5.91. The lowest BCUT2D eigenvalue weighted by Crippen LogP contribution is -2.37. The highest BCUT2D eigenvalue weighted by Gasteiger charge is 2.19. The summed E-state index contributed by atoms with van der Waals surface area (Å²) in [6.45, 7) is 4.04. The topological polar surface area (TPSA) is 29.3 Å². The molecule has 2 N–H and O–H groups in total. The zero-order chi connectivity index (χ0) is 11.7. The van der Waals surface area contributed by atoms with Crippen molar-refractivity contribution in [3.05, 3.63) is 23.0 Å². The number of thioether (sulfide) groups is 1. The lowest BCUT2D eigenvalue weighted by molar-refractivity contribution is 0.628. The summed E-state index contributed by atoms with van der Waals surface area (Å²) < 4.78 is 13.2. The molecule has 1 fully saturated rings. The van der Waals surface area contributed by atoms with Crippen LogP contribution in [0.1, 0.15) is 6.92 Å². The van der Waals surface area contributed by atoms with E-state index < -0.39 is 5.82 Å². The predicted molar refractivity (Wildman–Crippen MR) is 70.0 cm³/mol. The number of nitrogen functional groups attached to an aromatic ring is 1. The Labute approximate surface area is 104 Å². The Morgan fingerprint density at radius 3 is 3.00 bits per heavy atom. The maximum Gasteiger partial charge on any atom is 0.143 e. The zero-order valence-electron chi connectivity index (χ0n) is 9.04. The molecule has 0 saturated carbocycles. The molecular weight excluding hydrogens is 247 g/mol. The van der Waals surface area contributed by atoms with Gasteiger partial charge < -0.3 is 10.6 Å². The summed E-state index contributed by atoms with van der Waals surface area (Å²) in [5.41, 5.74) is 7.12. The Bertz CT molecular complexity index is 400. The van der Waals surface area contributed by atoms with Gasteiger partial charge in [-0.05, 0) is 6.07 Å². The van der Waals surface area contributed by atoms with Gasteiger partial charge in [-0.25, -0.2) is 4.39 Å². The minimum atomic E-state index is -0.456. The van der Waals surface area contributed by atoms with Crippen LogP contribution in [0.15, 0.2) is 12.1 Å². The maximum absolute atomic E-state index is 13.2. The van der Waals surface area contributed by atoms with Crippen LogP contribution < -0.4 is 10.6 Å². The van der Waals surface area contributed by atoms with Crippen LogP contribution >= 0.6 is 23.4 Å². The average molecular weight is 261 g/mol. The van der Waals surface area contributed by atoms with E-state index in [9.17, 15) is 4.39 Å². The molecule has 16 heavy (non-hydrogen) atoms. The molecule has 1 heterocycles. The van der Waals surface area contributed by atoms with Gasteiger partial charge in [-0.15, -0.1) is 0 Å². The highest BCUT2D eigenvalue weighted by Crippen LogP contribution is 2.32. The van der Waals surface area contributed by atoms with Gasteiger partial charge in [0.05, 0.1) is 16.4 Å². The summed E-state index contributed by atoms with van der Waals surface area (Å²) >= 11 is 7.72. The number of nitrogens with zero attached hydrogens (tertiary/aromatic N) is 1. The fraction of sp³-hybridized carbons (Fsp3) is 0.455. The molecule has 1 atom stereocenters. The first-order valence-electron chi connectivity index (χ1n) is 5.19. The Balaban J connectivity index is 2.29. The monoisotopic (exact) mass is 260 g/mol. The summed E-state index contributed by atoms with van der Waals surface area (Å²) in [5, 5.41) is 0.701. The number of anilines is 2. The molecule has 1 aliphatic heterocycles. The molecule has 1 aromatic rings. The van der Waals surface area contributed by atoms with Gasteiger partial charge in [0.15, 0.2) is 0 Å². The van der Waals surface area contributed by atoms with E-state index >= 15 is 0 Å². The number of halogens is 2. The van der Waals surface area contributed by atoms with Crippen molar-refractivity contribution in [3.63, 3.8) is 0 Å². The van der Waals surface area contributed by atoms with Crippen molar-refractivity contribution in [1.82, 2.24) is 0 Å². The van der Waals surface area contributed by atoms with Crippen LogP contribution in [-0.4, -0.2) is 24.1 Å². The molecule has 0 aliphatic carbocycles. The normalized spacial score (nSPS) is 21.2. The molecule has 0 aromatic heterocycles. The van der Waals surface area contributed by atoms with Crippen LogP contribution in [0, 0.1) is 5.82 Å². The predicted octanol–water partition coefficient (Wildman–Crippen LogP) is 3.00. The minimum Gasteiger partial charge on any atom is -0.397 e. The van der Waals surface area contributed by atoms with Gasteiger partial charge >= 0.3 is 0 Å². The molecule has 5 heteroatoms. The van der Waals surface area contributed by atoms with Gasteiger partial charge in [0.25, 0.3) is 0 Å². The van der Waals surface area contributed by atoms with Gasteiger partial charge in [-0.2, -0.15) is 11.8 Å². The van der Waals surface area contributed by atoms with Crippen LogP contribution in [0.5, 0.6) is 0 Å². The van der Waals surface area contributed by atoms with Crippen molar-refractivity contribution in [2.45, 2.75) is 12.2 Å². The van der Waals surface area contributed by atoms with Gasteiger partial charge in [-0.1, -0.05) is 18.5 Å². The first-order chi connectivity index (χ1) is 7.58. The fourth-order valence-corrected chi connectivity index (χ4v) is 3.03. The average Bonchev–Trinajstić information content (AvgIpc) is 2.23. The fourth-order valence-electron chi connectivity index (χ4n) is 1.86. The Hall–Kier alpha value is -0.610. The zero-order valence-corrected chi connectivity index (χ0v) is 10.6. The molecule has 0 radical (unpaired) electrons. The summed E-state index contributed by atoms with van der Waals surface area (Å²) in [6.07, 6.45) is 0. The van der Waals surface area contributed by atoms with E-state index in [1.165, 1.54) is 6.07 Å². The quantitative estimate of drug-likeness (QED) is 0.787. The lowest BCUT2D eigenvalue weighted by Gasteiger charge is -2.33. The first kappa shape index (κ1) is 11.9. The van der Waals surface area contributed by atoms with Crippen LogP contribution in [0.4, 0.5) is 15.8 Å². The van der Waals surface area contributed by atoms with Gasteiger partial charge in [0, 0.05) is 30.2 Å². The summed E-state index contributed by atoms with van der Waals surface area (Å²) in [7, 11) is 0. The van der Waals surface area contributed by atoms with Crippen molar-refractivity contribution in [3.8, 4) is 0 Å². The van der Waals surface area contributed by atoms with Crippen LogP contribution in [0.25, 0.3) is 0 Å². The second kappa shape index (κ2) is 4.72. The third-order valence-corrected chi connectivity index (χ3v) is 4.08. The van der Waals surface area contributed by atoms with Gasteiger partial charge in [0.1, 0.15) is 5.82 Å². The standard InChI is InChI=1S/C11H14ClFN2S/c1-7-6-15(2-3-16-7)11-4-8(12)9(13)5-10(11)14/h4-5,7H,2-3,6,14H2,1H3. The smallest absolute Gasteiger partial charge is 0.143 e. The van der Waals surface area contributed by atoms with Gasteiger partial charge in [-0.3, -0.25) is 0 Å². The second-order valence-electron chi connectivity index (χ2n) is 3.95. The third-order valence-electron chi connectivity index (χ3n) is 2.65. The third kappa shape index (κ3) is 2.38. The molecule has 0 bridgehead atoms. The molecular formula is C11H14ClFN2S. The van der Waals surface area contributed by atoms with E-state index in [0.29, 0.717) is 10.9 Å². The van der Waals surface area contributed by atoms with E-state index in [4.69, 9.17) is 17.3 Å². The van der Waals surface area contributed by atoms with E-state index in [2.05, 4.69) is 11.8 Å². The first-order valence-corrected chi connectivity index (χ1v) is 6.61. The highest BCUT2D eigenvalue weighted by atomic mass is 35.5. The molecule has 88 valence electrons. The lowest BCUT2D eigenvalue weighted by atomic mass is 10.2. The highest BCUT2D eigenvalue weighted by molar-refractivity contribution is 8.00. The summed E-state index contributed by atoms with van der Waals surface area (Å²) in [5.74, 6) is 0.609. The molecule has 1 unspecified atom stereocenters. The Morgan fingerprint density at radius 1 is 1.56 bits per heavy atom. The number of hydrogen-bond donors (Lipinski definition) is 1. The number of hydrogen-bond acceptors (Lipinski definition) is 3. The molecule has 2 nitrogen and oxygen atoms in total. The minimum absolute atomic E-state index is 0.134. The summed E-state index contributed by atoms with van der Waals surface area (Å²) in [4.78, 5) is 2.17. The summed E-state index contributed by atoms with van der Waals surface area (Å²) in [6, 6.07) is 2.92. The maximum atomic E-state index is 13.2. The van der Waals surface area contributed by atoms with Crippen molar-refractivity contribution in [1.29, 1.82) is 0 Å². The van der Waals surface area contributed by atoms with E-state index in [1.807, 2.05) is 11.8 Å². The van der Waals surface area contributed by atoms with E-state index in [0.717, 1.165) is 24.5 Å².